The van der Waals surface area contributed by atoms with Crippen molar-refractivity contribution >= 4 is 11.7 Å². The maximum Gasteiger partial charge on any atom is 0.338 e. The Balaban J connectivity index is 2.01. The van der Waals surface area contributed by atoms with Crippen LogP contribution in [0.4, 0.5) is 5.69 Å². The van der Waals surface area contributed by atoms with Gasteiger partial charge in [-0.3, -0.25) is 0 Å². The Bertz CT molecular complexity index is 589. The average Bonchev–Trinajstić information content (AvgIpc) is 2.56. The fourth-order valence-electron chi connectivity index (χ4n) is 3.94. The molecule has 24 heavy (non-hydrogen) atoms. The van der Waals surface area contributed by atoms with E-state index >= 15 is 0 Å². The number of methoxy groups -OCH3 is 1. The lowest BCUT2D eigenvalue weighted by Gasteiger charge is -2.37. The molecule has 0 N–H and O–H groups in total. The summed E-state index contributed by atoms with van der Waals surface area (Å²) in [6.45, 7) is 6.84. The van der Waals surface area contributed by atoms with E-state index in [9.17, 15) is 4.79 Å². The SMILES string of the molecule is CCN(c1cc(C2CCC2)cc(C(=O)OC)c1C)C1CCOCC1. The zero-order valence-electron chi connectivity index (χ0n) is 15.1. The van der Waals surface area contributed by atoms with Crippen LogP contribution < -0.4 is 4.90 Å². The summed E-state index contributed by atoms with van der Waals surface area (Å²) >= 11 is 0. The molecule has 0 amide bonds. The highest BCUT2D eigenvalue weighted by Gasteiger charge is 2.27. The fourth-order valence-corrected chi connectivity index (χ4v) is 3.94. The Morgan fingerprint density at radius 3 is 2.50 bits per heavy atom. The zero-order chi connectivity index (χ0) is 17.1. The molecular weight excluding hydrogens is 302 g/mol. The molecule has 1 aromatic carbocycles. The van der Waals surface area contributed by atoms with Gasteiger partial charge in [0.05, 0.1) is 12.7 Å². The minimum Gasteiger partial charge on any atom is -0.465 e. The topological polar surface area (TPSA) is 38.8 Å². The fraction of sp³-hybridized carbons (Fsp3) is 0.650. The number of carbonyl (C=O) groups is 1. The van der Waals surface area contributed by atoms with Crippen molar-refractivity contribution < 1.29 is 14.3 Å². The lowest BCUT2D eigenvalue weighted by molar-refractivity contribution is 0.0599. The molecule has 1 heterocycles. The van der Waals surface area contributed by atoms with Gasteiger partial charge >= 0.3 is 5.97 Å². The third-order valence-corrected chi connectivity index (χ3v) is 5.67. The first-order valence-electron chi connectivity index (χ1n) is 9.23. The van der Waals surface area contributed by atoms with E-state index in [4.69, 9.17) is 9.47 Å². The van der Waals surface area contributed by atoms with Crippen molar-refractivity contribution in [1.29, 1.82) is 0 Å². The van der Waals surface area contributed by atoms with E-state index in [1.54, 1.807) is 0 Å². The number of rotatable bonds is 5. The van der Waals surface area contributed by atoms with Gasteiger partial charge in [0.15, 0.2) is 0 Å². The summed E-state index contributed by atoms with van der Waals surface area (Å²) in [6, 6.07) is 4.88. The lowest BCUT2D eigenvalue weighted by atomic mass is 9.79. The largest absolute Gasteiger partial charge is 0.465 e. The van der Waals surface area contributed by atoms with Gasteiger partial charge in [-0.05, 0) is 68.7 Å². The van der Waals surface area contributed by atoms with Gasteiger partial charge in [0, 0.05) is 31.5 Å². The van der Waals surface area contributed by atoms with E-state index in [1.165, 1.54) is 37.6 Å². The smallest absolute Gasteiger partial charge is 0.338 e. The first-order chi connectivity index (χ1) is 11.7. The van der Waals surface area contributed by atoms with E-state index in [-0.39, 0.29) is 5.97 Å². The third kappa shape index (κ3) is 3.30. The number of benzene rings is 1. The van der Waals surface area contributed by atoms with Crippen LogP contribution in [0.25, 0.3) is 0 Å². The van der Waals surface area contributed by atoms with Crippen molar-refractivity contribution in [1.82, 2.24) is 0 Å². The maximum atomic E-state index is 12.3. The van der Waals surface area contributed by atoms with E-state index < -0.39 is 0 Å². The molecular formula is C20H29NO3. The van der Waals surface area contributed by atoms with Gasteiger partial charge in [-0.2, -0.15) is 0 Å². The van der Waals surface area contributed by atoms with Gasteiger partial charge in [-0.25, -0.2) is 4.79 Å². The molecule has 132 valence electrons. The summed E-state index contributed by atoms with van der Waals surface area (Å²) in [5.74, 6) is 0.374. The van der Waals surface area contributed by atoms with Gasteiger partial charge < -0.3 is 14.4 Å². The highest BCUT2D eigenvalue weighted by Crippen LogP contribution is 2.40. The van der Waals surface area contributed by atoms with Crippen LogP contribution in [0.1, 0.15) is 66.4 Å². The second-order valence-electron chi connectivity index (χ2n) is 6.96. The van der Waals surface area contributed by atoms with Gasteiger partial charge in [-0.1, -0.05) is 6.42 Å². The molecule has 4 heteroatoms. The Kier molecular flexibility index (Phi) is 5.44. The molecule has 0 atom stereocenters. The van der Waals surface area contributed by atoms with Crippen LogP contribution in [0, 0.1) is 6.92 Å². The molecule has 1 saturated heterocycles. The van der Waals surface area contributed by atoms with Gasteiger partial charge in [0.2, 0.25) is 0 Å². The van der Waals surface area contributed by atoms with Crippen LogP contribution in [-0.4, -0.2) is 38.9 Å². The molecule has 0 spiro atoms. The molecule has 0 aromatic heterocycles. The van der Waals surface area contributed by atoms with Gasteiger partial charge in [0.1, 0.15) is 0 Å². The Morgan fingerprint density at radius 1 is 1.25 bits per heavy atom. The van der Waals surface area contributed by atoms with E-state index in [2.05, 4.69) is 24.0 Å². The summed E-state index contributed by atoms with van der Waals surface area (Å²) in [5, 5.41) is 0. The second-order valence-corrected chi connectivity index (χ2v) is 6.96. The molecule has 3 rings (SSSR count). The summed E-state index contributed by atoms with van der Waals surface area (Å²) in [7, 11) is 1.47. The number of carbonyl (C=O) groups excluding carboxylic acids is 1. The monoisotopic (exact) mass is 331 g/mol. The van der Waals surface area contributed by atoms with Crippen molar-refractivity contribution in [2.75, 3.05) is 31.8 Å². The molecule has 2 aliphatic rings. The summed E-state index contributed by atoms with van der Waals surface area (Å²) < 4.78 is 10.6. The number of esters is 1. The molecule has 0 bridgehead atoms. The van der Waals surface area contributed by atoms with Crippen LogP contribution in [0.2, 0.25) is 0 Å². The van der Waals surface area contributed by atoms with E-state index in [0.29, 0.717) is 12.0 Å². The first kappa shape index (κ1) is 17.3. The quantitative estimate of drug-likeness (QED) is 0.763. The first-order valence-corrected chi connectivity index (χ1v) is 9.23. The molecule has 1 aliphatic heterocycles. The van der Waals surface area contributed by atoms with Crippen molar-refractivity contribution in [3.63, 3.8) is 0 Å². The molecule has 2 fully saturated rings. The summed E-state index contributed by atoms with van der Waals surface area (Å²) in [6.07, 6.45) is 5.85. The van der Waals surface area contributed by atoms with Crippen LogP contribution in [0.15, 0.2) is 12.1 Å². The standard InChI is InChI=1S/C20H29NO3/c1-4-21(17-8-10-24-11-9-17)19-13-16(15-6-5-7-15)12-18(14(19)2)20(22)23-3/h12-13,15,17H,4-11H2,1-3H3. The van der Waals surface area contributed by atoms with Gasteiger partial charge in [-0.15, -0.1) is 0 Å². The van der Waals surface area contributed by atoms with Crippen LogP contribution in [0.3, 0.4) is 0 Å². The molecule has 1 aromatic rings. The van der Waals surface area contributed by atoms with Crippen molar-refractivity contribution in [3.8, 4) is 0 Å². The van der Waals surface area contributed by atoms with Crippen molar-refractivity contribution in [3.05, 3.63) is 28.8 Å². The number of hydrogen-bond donors (Lipinski definition) is 0. The molecule has 0 radical (unpaired) electrons. The summed E-state index contributed by atoms with van der Waals surface area (Å²) in [5.41, 5.74) is 4.27. The number of anilines is 1. The van der Waals surface area contributed by atoms with E-state index in [1.807, 2.05) is 6.92 Å². The lowest BCUT2D eigenvalue weighted by Crippen LogP contribution is -2.40. The van der Waals surface area contributed by atoms with Crippen LogP contribution >= 0.6 is 0 Å². The second kappa shape index (κ2) is 7.56. The predicted molar refractivity (Wildman–Crippen MR) is 96.0 cm³/mol. The number of ether oxygens (including phenoxy) is 2. The number of hydrogen-bond acceptors (Lipinski definition) is 4. The predicted octanol–water partition coefficient (Wildman–Crippen LogP) is 4.05. The zero-order valence-corrected chi connectivity index (χ0v) is 15.1. The molecule has 4 nitrogen and oxygen atoms in total. The maximum absolute atomic E-state index is 12.3. The number of nitrogens with zero attached hydrogens (tertiary/aromatic N) is 1. The van der Waals surface area contributed by atoms with Crippen molar-refractivity contribution in [2.24, 2.45) is 0 Å². The Hall–Kier alpha value is -1.55. The average molecular weight is 331 g/mol. The normalized spacial score (nSPS) is 19.0. The van der Waals surface area contributed by atoms with Gasteiger partial charge in [0.25, 0.3) is 0 Å². The Morgan fingerprint density at radius 2 is 1.96 bits per heavy atom. The van der Waals surface area contributed by atoms with Crippen LogP contribution in [0.5, 0.6) is 0 Å². The van der Waals surface area contributed by atoms with E-state index in [0.717, 1.165) is 43.7 Å². The minimum absolute atomic E-state index is 0.224. The van der Waals surface area contributed by atoms with Crippen LogP contribution in [-0.2, 0) is 9.47 Å². The summed E-state index contributed by atoms with van der Waals surface area (Å²) in [4.78, 5) is 14.8. The third-order valence-electron chi connectivity index (χ3n) is 5.67. The Labute approximate surface area is 145 Å². The highest BCUT2D eigenvalue weighted by atomic mass is 16.5. The highest BCUT2D eigenvalue weighted by molar-refractivity contribution is 5.93. The minimum atomic E-state index is -0.224. The molecule has 1 saturated carbocycles. The molecule has 0 unspecified atom stereocenters. The van der Waals surface area contributed by atoms with Crippen molar-refractivity contribution in [2.45, 2.75) is 57.9 Å². The molecule has 1 aliphatic carbocycles.